The SMILES string of the molecule is COCCN1C[C@H]2CC[C@@H]1CN(c1nccc(C3CCCC3)n1)C2. The van der Waals surface area contributed by atoms with Crippen molar-refractivity contribution >= 4 is 5.95 Å². The van der Waals surface area contributed by atoms with E-state index >= 15 is 0 Å². The second-order valence-corrected chi connectivity index (χ2v) is 7.75. The lowest BCUT2D eigenvalue weighted by atomic mass is 9.95. The molecule has 1 aromatic heterocycles. The highest BCUT2D eigenvalue weighted by atomic mass is 16.5. The second kappa shape index (κ2) is 7.36. The smallest absolute Gasteiger partial charge is 0.225 e. The van der Waals surface area contributed by atoms with Gasteiger partial charge in [-0.3, -0.25) is 4.90 Å². The molecule has 4 aliphatic rings. The number of methoxy groups -OCH3 is 1. The van der Waals surface area contributed by atoms with Crippen molar-refractivity contribution in [3.63, 3.8) is 0 Å². The Morgan fingerprint density at radius 3 is 2.83 bits per heavy atom. The Labute approximate surface area is 145 Å². The molecule has 0 N–H and O–H groups in total. The van der Waals surface area contributed by atoms with Crippen molar-refractivity contribution in [1.82, 2.24) is 14.9 Å². The molecule has 5 nitrogen and oxygen atoms in total. The van der Waals surface area contributed by atoms with Crippen LogP contribution in [0.2, 0.25) is 0 Å². The second-order valence-electron chi connectivity index (χ2n) is 7.75. The molecule has 0 spiro atoms. The van der Waals surface area contributed by atoms with Gasteiger partial charge in [-0.2, -0.15) is 0 Å². The summed E-state index contributed by atoms with van der Waals surface area (Å²) in [5.41, 5.74) is 1.27. The zero-order chi connectivity index (χ0) is 16.4. The maximum atomic E-state index is 5.30. The molecule has 0 amide bonds. The predicted octanol–water partition coefficient (Wildman–Crippen LogP) is 2.68. The Hall–Kier alpha value is -1.20. The van der Waals surface area contributed by atoms with E-state index in [1.54, 1.807) is 7.11 Å². The van der Waals surface area contributed by atoms with Gasteiger partial charge in [-0.1, -0.05) is 12.8 Å². The minimum absolute atomic E-state index is 0.623. The number of ether oxygens (including phenoxy) is 1. The van der Waals surface area contributed by atoms with E-state index in [0.29, 0.717) is 12.0 Å². The first-order valence-corrected chi connectivity index (χ1v) is 9.64. The van der Waals surface area contributed by atoms with Gasteiger partial charge in [0.1, 0.15) is 0 Å². The molecule has 4 heterocycles. The molecular weight excluding hydrogens is 300 g/mol. The number of aromatic nitrogens is 2. The molecule has 0 unspecified atom stereocenters. The van der Waals surface area contributed by atoms with Crippen molar-refractivity contribution < 1.29 is 4.74 Å². The summed E-state index contributed by atoms with van der Waals surface area (Å²) in [6, 6.07) is 2.76. The van der Waals surface area contributed by atoms with E-state index in [2.05, 4.69) is 20.9 Å². The molecule has 2 bridgehead atoms. The standard InChI is InChI=1S/C19H30N4O/c1-24-11-10-22-12-15-6-7-17(22)14-23(13-15)19-20-9-8-18(21-19)16-4-2-3-5-16/h8-9,15-17H,2-7,10-14H2,1H3/t15-,17-/m1/s1. The topological polar surface area (TPSA) is 41.5 Å². The fourth-order valence-electron chi connectivity index (χ4n) is 4.79. The van der Waals surface area contributed by atoms with Crippen LogP contribution in [0.4, 0.5) is 5.95 Å². The van der Waals surface area contributed by atoms with Gasteiger partial charge in [-0.05, 0) is 37.7 Å². The summed E-state index contributed by atoms with van der Waals surface area (Å²) in [7, 11) is 1.80. The molecule has 5 rings (SSSR count). The van der Waals surface area contributed by atoms with Gasteiger partial charge >= 0.3 is 0 Å². The van der Waals surface area contributed by atoms with Crippen LogP contribution in [0.1, 0.15) is 50.1 Å². The van der Waals surface area contributed by atoms with Gasteiger partial charge in [0.15, 0.2) is 0 Å². The number of fused-ring (bicyclic) bond motifs is 4. The summed E-state index contributed by atoms with van der Waals surface area (Å²) in [5.74, 6) is 2.36. The Balaban J connectivity index is 1.49. The van der Waals surface area contributed by atoms with Crippen molar-refractivity contribution in [2.24, 2.45) is 5.92 Å². The lowest BCUT2D eigenvalue weighted by Crippen LogP contribution is -2.45. The third kappa shape index (κ3) is 3.42. The Kier molecular flexibility index (Phi) is 4.99. The van der Waals surface area contributed by atoms with Gasteiger partial charge in [0.2, 0.25) is 5.95 Å². The van der Waals surface area contributed by atoms with Gasteiger partial charge in [-0.25, -0.2) is 9.97 Å². The fraction of sp³-hybridized carbons (Fsp3) is 0.789. The number of hydrogen-bond acceptors (Lipinski definition) is 5. The lowest BCUT2D eigenvalue weighted by Gasteiger charge is -2.35. The summed E-state index contributed by atoms with van der Waals surface area (Å²) in [5, 5.41) is 0. The molecule has 132 valence electrons. The minimum atomic E-state index is 0.623. The third-order valence-corrected chi connectivity index (χ3v) is 6.13. The fourth-order valence-corrected chi connectivity index (χ4v) is 4.79. The van der Waals surface area contributed by atoms with Gasteiger partial charge < -0.3 is 9.64 Å². The highest BCUT2D eigenvalue weighted by molar-refractivity contribution is 5.33. The third-order valence-electron chi connectivity index (χ3n) is 6.13. The molecule has 3 saturated heterocycles. The van der Waals surface area contributed by atoms with Crippen LogP contribution in [-0.4, -0.2) is 60.8 Å². The van der Waals surface area contributed by atoms with Gasteiger partial charge in [0.25, 0.3) is 0 Å². The number of nitrogens with zero attached hydrogens (tertiary/aromatic N) is 4. The van der Waals surface area contributed by atoms with Crippen molar-refractivity contribution in [2.75, 3.05) is 44.8 Å². The maximum absolute atomic E-state index is 5.30. The number of rotatable bonds is 5. The molecule has 1 aliphatic carbocycles. The molecule has 4 fully saturated rings. The van der Waals surface area contributed by atoms with Gasteiger partial charge in [0, 0.05) is 57.1 Å². The minimum Gasteiger partial charge on any atom is -0.383 e. The Morgan fingerprint density at radius 2 is 2.00 bits per heavy atom. The van der Waals surface area contributed by atoms with Crippen LogP contribution in [-0.2, 0) is 4.74 Å². The van der Waals surface area contributed by atoms with E-state index in [9.17, 15) is 0 Å². The molecule has 24 heavy (non-hydrogen) atoms. The van der Waals surface area contributed by atoms with Gasteiger partial charge in [-0.15, -0.1) is 0 Å². The molecule has 0 radical (unpaired) electrons. The predicted molar refractivity (Wildman–Crippen MR) is 95.4 cm³/mol. The van der Waals surface area contributed by atoms with E-state index < -0.39 is 0 Å². The van der Waals surface area contributed by atoms with Crippen LogP contribution in [0, 0.1) is 5.92 Å². The van der Waals surface area contributed by atoms with Crippen LogP contribution in [0.3, 0.4) is 0 Å². The van der Waals surface area contributed by atoms with Crippen LogP contribution < -0.4 is 4.90 Å². The molecule has 3 aliphatic heterocycles. The summed E-state index contributed by atoms with van der Waals surface area (Å²) in [4.78, 5) is 14.7. The number of hydrogen-bond donors (Lipinski definition) is 0. The van der Waals surface area contributed by atoms with Crippen molar-refractivity contribution in [2.45, 2.75) is 50.5 Å². The summed E-state index contributed by atoms with van der Waals surface area (Å²) < 4.78 is 5.30. The van der Waals surface area contributed by atoms with Crippen LogP contribution >= 0.6 is 0 Å². The zero-order valence-corrected chi connectivity index (χ0v) is 14.9. The summed E-state index contributed by atoms with van der Waals surface area (Å²) in [6.45, 7) is 5.25. The first kappa shape index (κ1) is 16.3. The molecule has 5 heteroatoms. The number of piperidine rings is 1. The Bertz CT molecular complexity index is 546. The van der Waals surface area contributed by atoms with Crippen LogP contribution in [0.15, 0.2) is 12.3 Å². The zero-order valence-electron chi connectivity index (χ0n) is 14.9. The van der Waals surface area contributed by atoms with E-state index in [0.717, 1.165) is 38.1 Å². The first-order chi connectivity index (χ1) is 11.8. The highest BCUT2D eigenvalue weighted by Crippen LogP contribution is 2.34. The van der Waals surface area contributed by atoms with Crippen molar-refractivity contribution in [3.8, 4) is 0 Å². The van der Waals surface area contributed by atoms with E-state index in [-0.39, 0.29) is 0 Å². The normalized spacial score (nSPS) is 28.5. The maximum Gasteiger partial charge on any atom is 0.225 e. The number of anilines is 1. The van der Waals surface area contributed by atoms with Crippen molar-refractivity contribution in [1.29, 1.82) is 0 Å². The van der Waals surface area contributed by atoms with E-state index in [1.165, 1.54) is 50.8 Å². The molecule has 1 aromatic rings. The quantitative estimate of drug-likeness (QED) is 0.830. The van der Waals surface area contributed by atoms with Gasteiger partial charge in [0.05, 0.1) is 6.61 Å². The highest BCUT2D eigenvalue weighted by Gasteiger charge is 2.35. The lowest BCUT2D eigenvalue weighted by molar-refractivity contribution is 0.0889. The monoisotopic (exact) mass is 330 g/mol. The van der Waals surface area contributed by atoms with Crippen molar-refractivity contribution in [3.05, 3.63) is 18.0 Å². The van der Waals surface area contributed by atoms with E-state index in [1.807, 2.05) is 6.20 Å². The van der Waals surface area contributed by atoms with E-state index in [4.69, 9.17) is 9.72 Å². The Morgan fingerprint density at radius 1 is 1.12 bits per heavy atom. The first-order valence-electron chi connectivity index (χ1n) is 9.64. The average Bonchev–Trinajstić information content (AvgIpc) is 3.01. The average molecular weight is 330 g/mol. The van der Waals surface area contributed by atoms with Crippen LogP contribution in [0.25, 0.3) is 0 Å². The molecule has 2 atom stereocenters. The summed E-state index contributed by atoms with van der Waals surface area (Å²) >= 11 is 0. The molecule has 0 aromatic carbocycles. The summed E-state index contributed by atoms with van der Waals surface area (Å²) in [6.07, 6.45) is 9.92. The van der Waals surface area contributed by atoms with Crippen LogP contribution in [0.5, 0.6) is 0 Å². The largest absolute Gasteiger partial charge is 0.383 e. The molecular formula is C19H30N4O. The molecule has 1 saturated carbocycles.